The van der Waals surface area contributed by atoms with Crippen molar-refractivity contribution >= 4 is 17.5 Å². The van der Waals surface area contributed by atoms with Crippen molar-refractivity contribution in [3.8, 4) is 11.5 Å². The van der Waals surface area contributed by atoms with Crippen LogP contribution in [0, 0.1) is 5.92 Å². The molecule has 1 aliphatic rings. The molecule has 1 unspecified atom stereocenters. The number of hydrogen-bond donors (Lipinski definition) is 2. The standard InChI is InChI=1S/C17H25ClN2O3/c1-3-23-17-14(18)8-13(9-15(17)22-2)11-20-16(21)5-4-12-6-7-19-10-12/h8-9,12,19H,3-7,10-11H2,1-2H3,(H,20,21). The van der Waals surface area contributed by atoms with Crippen LogP contribution in [-0.2, 0) is 11.3 Å². The van der Waals surface area contributed by atoms with Crippen LogP contribution in [0.2, 0.25) is 5.02 Å². The van der Waals surface area contributed by atoms with E-state index >= 15 is 0 Å². The molecule has 1 saturated heterocycles. The molecule has 0 spiro atoms. The number of halogens is 1. The third kappa shape index (κ3) is 5.29. The van der Waals surface area contributed by atoms with Gasteiger partial charge in [-0.15, -0.1) is 0 Å². The van der Waals surface area contributed by atoms with Gasteiger partial charge in [-0.25, -0.2) is 0 Å². The molecule has 0 radical (unpaired) electrons. The number of rotatable bonds is 8. The number of amides is 1. The van der Waals surface area contributed by atoms with E-state index in [9.17, 15) is 4.79 Å². The van der Waals surface area contributed by atoms with Crippen LogP contribution in [0.3, 0.4) is 0 Å². The summed E-state index contributed by atoms with van der Waals surface area (Å²) in [5, 5.41) is 6.75. The third-order valence-corrected chi connectivity index (χ3v) is 4.29. The van der Waals surface area contributed by atoms with Gasteiger partial charge >= 0.3 is 0 Å². The maximum Gasteiger partial charge on any atom is 0.220 e. The van der Waals surface area contributed by atoms with E-state index < -0.39 is 0 Å². The maximum absolute atomic E-state index is 12.0. The van der Waals surface area contributed by atoms with Gasteiger partial charge in [0.25, 0.3) is 0 Å². The van der Waals surface area contributed by atoms with Crippen LogP contribution < -0.4 is 20.1 Å². The van der Waals surface area contributed by atoms with E-state index in [2.05, 4.69) is 10.6 Å². The second kappa shape index (κ2) is 8.99. The Bertz CT molecular complexity index is 531. The van der Waals surface area contributed by atoms with Gasteiger partial charge in [0.05, 0.1) is 18.7 Å². The molecule has 1 fully saturated rings. The summed E-state index contributed by atoms with van der Waals surface area (Å²) in [7, 11) is 1.58. The molecule has 0 aromatic heterocycles. The molecule has 6 heteroatoms. The number of ether oxygens (including phenoxy) is 2. The molecule has 1 aliphatic heterocycles. The summed E-state index contributed by atoms with van der Waals surface area (Å²) in [5.41, 5.74) is 0.895. The fourth-order valence-corrected chi connectivity index (χ4v) is 3.03. The topological polar surface area (TPSA) is 59.6 Å². The fourth-order valence-electron chi connectivity index (χ4n) is 2.74. The van der Waals surface area contributed by atoms with Crippen molar-refractivity contribution in [2.24, 2.45) is 5.92 Å². The molecule has 2 rings (SSSR count). The van der Waals surface area contributed by atoms with Crippen LogP contribution in [0.4, 0.5) is 0 Å². The van der Waals surface area contributed by atoms with Gasteiger partial charge in [-0.2, -0.15) is 0 Å². The van der Waals surface area contributed by atoms with Gasteiger partial charge in [0.2, 0.25) is 5.91 Å². The Hall–Kier alpha value is -1.46. The summed E-state index contributed by atoms with van der Waals surface area (Å²) < 4.78 is 10.8. The van der Waals surface area contributed by atoms with Gasteiger partial charge < -0.3 is 20.1 Å². The van der Waals surface area contributed by atoms with Crippen molar-refractivity contribution in [3.05, 3.63) is 22.7 Å². The minimum absolute atomic E-state index is 0.0703. The Balaban J connectivity index is 1.86. The third-order valence-electron chi connectivity index (χ3n) is 4.01. The first-order valence-electron chi connectivity index (χ1n) is 8.10. The number of nitrogens with one attached hydrogen (secondary N) is 2. The van der Waals surface area contributed by atoms with Crippen molar-refractivity contribution in [3.63, 3.8) is 0 Å². The molecule has 128 valence electrons. The number of carbonyl (C=O) groups excluding carboxylic acids is 1. The van der Waals surface area contributed by atoms with Crippen molar-refractivity contribution < 1.29 is 14.3 Å². The molecule has 1 heterocycles. The lowest BCUT2D eigenvalue weighted by molar-refractivity contribution is -0.121. The summed E-state index contributed by atoms with van der Waals surface area (Å²) in [5.74, 6) is 1.82. The van der Waals surface area contributed by atoms with Crippen LogP contribution in [-0.4, -0.2) is 32.7 Å². The molecule has 1 atom stereocenters. The molecule has 2 N–H and O–H groups in total. The average Bonchev–Trinajstić information content (AvgIpc) is 3.06. The largest absolute Gasteiger partial charge is 0.493 e. The van der Waals surface area contributed by atoms with Crippen LogP contribution in [0.5, 0.6) is 11.5 Å². The summed E-state index contributed by atoms with van der Waals surface area (Å²) in [6.45, 7) is 4.94. The molecule has 0 aliphatic carbocycles. The molecular weight excluding hydrogens is 316 g/mol. The lowest BCUT2D eigenvalue weighted by atomic mass is 10.0. The molecule has 1 aromatic rings. The number of benzene rings is 1. The molecule has 23 heavy (non-hydrogen) atoms. The van der Waals surface area contributed by atoms with Crippen molar-refractivity contribution in [1.29, 1.82) is 0 Å². The van der Waals surface area contributed by atoms with Gasteiger partial charge in [0.15, 0.2) is 11.5 Å². The van der Waals surface area contributed by atoms with Crippen molar-refractivity contribution in [2.45, 2.75) is 32.7 Å². The zero-order valence-corrected chi connectivity index (χ0v) is 14.5. The lowest BCUT2D eigenvalue weighted by Crippen LogP contribution is -2.23. The zero-order chi connectivity index (χ0) is 16.7. The SMILES string of the molecule is CCOc1c(Cl)cc(CNC(=O)CCC2CCNC2)cc1OC. The lowest BCUT2D eigenvalue weighted by Gasteiger charge is -2.14. The molecule has 1 amide bonds. The van der Waals surface area contributed by atoms with Crippen molar-refractivity contribution in [1.82, 2.24) is 10.6 Å². The molecule has 0 saturated carbocycles. The first-order valence-corrected chi connectivity index (χ1v) is 8.48. The molecule has 1 aromatic carbocycles. The Morgan fingerprint density at radius 3 is 2.96 bits per heavy atom. The van der Waals surface area contributed by atoms with Gasteiger partial charge in [0, 0.05) is 13.0 Å². The van der Waals surface area contributed by atoms with E-state index in [-0.39, 0.29) is 5.91 Å². The van der Waals surface area contributed by atoms with E-state index in [4.69, 9.17) is 21.1 Å². The highest BCUT2D eigenvalue weighted by molar-refractivity contribution is 6.32. The predicted molar refractivity (Wildman–Crippen MR) is 91.2 cm³/mol. The van der Waals surface area contributed by atoms with Crippen LogP contribution in [0.1, 0.15) is 31.7 Å². The maximum atomic E-state index is 12.0. The van der Waals surface area contributed by atoms with Gasteiger partial charge in [-0.05, 0) is 56.5 Å². The van der Waals surface area contributed by atoms with Crippen LogP contribution >= 0.6 is 11.6 Å². The monoisotopic (exact) mass is 340 g/mol. The zero-order valence-electron chi connectivity index (χ0n) is 13.8. The van der Waals surface area contributed by atoms with Gasteiger partial charge in [0.1, 0.15) is 0 Å². The highest BCUT2D eigenvalue weighted by Gasteiger charge is 2.16. The fraction of sp³-hybridized carbons (Fsp3) is 0.588. The van der Waals surface area contributed by atoms with Gasteiger partial charge in [-0.3, -0.25) is 4.79 Å². The highest BCUT2D eigenvalue weighted by Crippen LogP contribution is 2.36. The van der Waals surface area contributed by atoms with E-state index in [1.807, 2.05) is 13.0 Å². The van der Waals surface area contributed by atoms with E-state index in [1.165, 1.54) is 6.42 Å². The highest BCUT2D eigenvalue weighted by atomic mass is 35.5. The van der Waals surface area contributed by atoms with Gasteiger partial charge in [-0.1, -0.05) is 11.6 Å². The minimum atomic E-state index is 0.0703. The first kappa shape index (κ1) is 17.9. The smallest absolute Gasteiger partial charge is 0.220 e. The Morgan fingerprint density at radius 2 is 2.30 bits per heavy atom. The first-order chi connectivity index (χ1) is 11.1. The molecule has 0 bridgehead atoms. The Kier molecular flexibility index (Phi) is 6.99. The number of methoxy groups -OCH3 is 1. The summed E-state index contributed by atoms with van der Waals surface area (Å²) >= 11 is 6.23. The normalized spacial score (nSPS) is 17.1. The van der Waals surface area contributed by atoms with E-state index in [0.29, 0.717) is 42.0 Å². The predicted octanol–water partition coefficient (Wildman–Crippen LogP) is 2.75. The Labute approximate surface area is 142 Å². The van der Waals surface area contributed by atoms with Crippen molar-refractivity contribution in [2.75, 3.05) is 26.8 Å². The molecule has 5 nitrogen and oxygen atoms in total. The second-order valence-corrected chi connectivity index (χ2v) is 6.12. The summed E-state index contributed by atoms with van der Waals surface area (Å²) in [6, 6.07) is 3.65. The van der Waals surface area contributed by atoms with E-state index in [1.54, 1.807) is 13.2 Å². The number of carbonyl (C=O) groups is 1. The molecular formula is C17H25ClN2O3. The minimum Gasteiger partial charge on any atom is -0.493 e. The van der Waals surface area contributed by atoms with Crippen LogP contribution in [0.25, 0.3) is 0 Å². The van der Waals surface area contributed by atoms with Crippen LogP contribution in [0.15, 0.2) is 12.1 Å². The number of hydrogen-bond acceptors (Lipinski definition) is 4. The second-order valence-electron chi connectivity index (χ2n) is 5.72. The average molecular weight is 341 g/mol. The quantitative estimate of drug-likeness (QED) is 0.764. The summed E-state index contributed by atoms with van der Waals surface area (Å²) in [4.78, 5) is 12.0. The summed E-state index contributed by atoms with van der Waals surface area (Å²) in [6.07, 6.45) is 2.67. The Morgan fingerprint density at radius 1 is 1.48 bits per heavy atom. The van der Waals surface area contributed by atoms with E-state index in [0.717, 1.165) is 25.1 Å².